The summed E-state index contributed by atoms with van der Waals surface area (Å²) in [6.07, 6.45) is 5.07. The van der Waals surface area contributed by atoms with Gasteiger partial charge in [0.15, 0.2) is 0 Å². The summed E-state index contributed by atoms with van der Waals surface area (Å²) in [7, 11) is 4.16. The second kappa shape index (κ2) is 17.1. The highest BCUT2D eigenvalue weighted by molar-refractivity contribution is 5.92. The van der Waals surface area contributed by atoms with Crippen LogP contribution in [0.4, 0.5) is 4.79 Å². The summed E-state index contributed by atoms with van der Waals surface area (Å²) in [6, 6.07) is 17.0. The van der Waals surface area contributed by atoms with Crippen molar-refractivity contribution in [1.82, 2.24) is 35.1 Å². The molecule has 0 saturated carbocycles. The summed E-state index contributed by atoms with van der Waals surface area (Å²) < 4.78 is 10.2. The maximum absolute atomic E-state index is 13.7. The molecule has 0 aliphatic carbocycles. The van der Waals surface area contributed by atoms with Gasteiger partial charge in [0.1, 0.15) is 23.7 Å². The van der Waals surface area contributed by atoms with Crippen molar-refractivity contribution in [2.45, 2.75) is 76.7 Å². The van der Waals surface area contributed by atoms with Crippen LogP contribution in [0, 0.1) is 5.92 Å². The van der Waals surface area contributed by atoms with Crippen LogP contribution >= 0.6 is 0 Å². The number of likely N-dealkylation sites (tertiary alicyclic amines) is 2. The fourth-order valence-electron chi connectivity index (χ4n) is 7.94. The Morgan fingerprint density at radius 3 is 2.18 bits per heavy atom. The highest BCUT2D eigenvalue weighted by atomic mass is 17.2. The molecule has 2 aromatic heterocycles. The van der Waals surface area contributed by atoms with E-state index in [2.05, 4.69) is 73.7 Å². The van der Waals surface area contributed by atoms with E-state index in [0.717, 1.165) is 75.7 Å². The minimum atomic E-state index is -0.895. The van der Waals surface area contributed by atoms with Gasteiger partial charge in [0.05, 0.1) is 49.1 Å². The van der Waals surface area contributed by atoms with Crippen molar-refractivity contribution in [2.75, 3.05) is 34.4 Å². The molecule has 3 amide bonds. The van der Waals surface area contributed by atoms with Crippen molar-refractivity contribution in [1.29, 1.82) is 0 Å². The normalized spacial score (nSPS) is 18.8. The van der Waals surface area contributed by atoms with Crippen LogP contribution in [0.15, 0.2) is 65.8 Å². The molecule has 15 heteroatoms. The minimum absolute atomic E-state index is 0.0174. The van der Waals surface area contributed by atoms with E-state index in [1.165, 1.54) is 27.7 Å². The number of aromatic amines is 2. The fraction of sp³-hybridized carbons (Fsp3) is 0.429. The molecule has 57 heavy (non-hydrogen) atoms. The second-order valence-corrected chi connectivity index (χ2v) is 14.9. The molecule has 7 rings (SSSR count). The highest BCUT2D eigenvalue weighted by Crippen LogP contribution is 2.36. The summed E-state index contributed by atoms with van der Waals surface area (Å²) in [5.41, 5.74) is 5.58. The Morgan fingerprint density at radius 2 is 1.49 bits per heavy atom. The average Bonchev–Trinajstić information content (AvgIpc) is 4.06. The van der Waals surface area contributed by atoms with Crippen molar-refractivity contribution in [2.24, 2.45) is 10.9 Å². The molecule has 5 aromatic rings. The Bertz CT molecular complexity index is 2270. The number of methoxy groups -OCH3 is 2. The number of fused-ring (bicyclic) bond motifs is 2. The second-order valence-electron chi connectivity index (χ2n) is 14.9. The zero-order valence-electron chi connectivity index (χ0n) is 33.2. The van der Waals surface area contributed by atoms with Crippen LogP contribution in [0.25, 0.3) is 44.2 Å². The Morgan fingerprint density at radius 1 is 0.842 bits per heavy atom. The van der Waals surface area contributed by atoms with Gasteiger partial charge in [0.25, 0.3) is 0 Å². The number of carbonyl (C=O) groups excluding carboxylic acids is 3. The van der Waals surface area contributed by atoms with Crippen molar-refractivity contribution in [3.05, 3.63) is 72.4 Å². The van der Waals surface area contributed by atoms with E-state index in [4.69, 9.17) is 24.3 Å². The lowest BCUT2D eigenvalue weighted by atomic mass is 9.99. The van der Waals surface area contributed by atoms with Crippen molar-refractivity contribution in [3.8, 4) is 22.4 Å². The number of alkyl carbamates (subject to hydrolysis) is 1. The maximum Gasteiger partial charge on any atom is 0.407 e. The lowest BCUT2D eigenvalue weighted by Gasteiger charge is -2.30. The van der Waals surface area contributed by atoms with Gasteiger partial charge in [-0.15, -0.1) is 0 Å². The third-order valence-electron chi connectivity index (χ3n) is 11.1. The molecule has 0 unspecified atom stereocenters. The molecule has 0 radical (unpaired) electrons. The number of hydrogen-bond acceptors (Lipinski definition) is 10. The lowest BCUT2D eigenvalue weighted by Crippen LogP contribution is -2.54. The number of rotatable bonds is 13. The van der Waals surface area contributed by atoms with Gasteiger partial charge in [-0.2, -0.15) is 4.89 Å². The van der Waals surface area contributed by atoms with Crippen LogP contribution < -0.4 is 5.32 Å². The Hall–Kier alpha value is -5.80. The van der Waals surface area contributed by atoms with Crippen LogP contribution in [-0.2, 0) is 28.8 Å². The van der Waals surface area contributed by atoms with Crippen molar-refractivity contribution in [3.63, 3.8) is 0 Å². The van der Waals surface area contributed by atoms with E-state index in [-0.39, 0.29) is 29.8 Å². The number of aromatic nitrogens is 4. The van der Waals surface area contributed by atoms with E-state index < -0.39 is 24.3 Å². The smallest absolute Gasteiger partial charge is 0.407 e. The third kappa shape index (κ3) is 8.21. The molecule has 3 aromatic carbocycles. The highest BCUT2D eigenvalue weighted by Gasteiger charge is 2.39. The average molecular weight is 779 g/mol. The molecule has 5 atom stereocenters. The summed E-state index contributed by atoms with van der Waals surface area (Å²) >= 11 is 0. The molecule has 0 spiro atoms. The van der Waals surface area contributed by atoms with Crippen LogP contribution in [0.1, 0.15) is 70.2 Å². The summed E-state index contributed by atoms with van der Waals surface area (Å²) in [5.74, 6) is 1.15. The number of carbonyl (C=O) groups is 3. The molecular formula is C42H50N8O7. The van der Waals surface area contributed by atoms with Gasteiger partial charge in [0, 0.05) is 32.0 Å². The van der Waals surface area contributed by atoms with Crippen LogP contribution in [0.3, 0.4) is 0 Å². The summed E-state index contributed by atoms with van der Waals surface area (Å²) in [5, 5.41) is 4.78. The monoisotopic (exact) mass is 778 g/mol. The molecule has 0 bridgehead atoms. The van der Waals surface area contributed by atoms with Gasteiger partial charge in [-0.25, -0.2) is 19.8 Å². The molecule has 2 saturated heterocycles. The first-order valence-corrected chi connectivity index (χ1v) is 19.4. The number of ether oxygens (including phenoxy) is 2. The number of benzene rings is 3. The van der Waals surface area contributed by atoms with E-state index in [0.29, 0.717) is 18.9 Å². The van der Waals surface area contributed by atoms with Crippen LogP contribution in [-0.4, -0.2) is 107 Å². The molecule has 3 N–H and O–H groups in total. The molecule has 2 fully saturated rings. The molecule has 2 aliphatic heterocycles. The van der Waals surface area contributed by atoms with Gasteiger partial charge in [-0.05, 0) is 84.7 Å². The van der Waals surface area contributed by atoms with Gasteiger partial charge in [-0.1, -0.05) is 44.2 Å². The fourth-order valence-corrected chi connectivity index (χ4v) is 7.94. The quantitative estimate of drug-likeness (QED) is 0.0522. The third-order valence-corrected chi connectivity index (χ3v) is 11.1. The summed E-state index contributed by atoms with van der Waals surface area (Å²) in [6.45, 7) is 6.86. The van der Waals surface area contributed by atoms with Crippen LogP contribution in [0.5, 0.6) is 0 Å². The molecule has 4 heterocycles. The number of H-pyrrole nitrogens is 2. The van der Waals surface area contributed by atoms with Gasteiger partial charge < -0.3 is 39.4 Å². The van der Waals surface area contributed by atoms with Crippen molar-refractivity contribution < 1.29 is 33.6 Å². The number of nitrogens with zero attached hydrogens (tertiary/aromatic N) is 5. The number of amides is 3. The number of hydrogen-bond donors (Lipinski definition) is 3. The van der Waals surface area contributed by atoms with E-state index >= 15 is 0 Å². The zero-order chi connectivity index (χ0) is 40.2. The van der Waals surface area contributed by atoms with Crippen LogP contribution in [0.2, 0.25) is 0 Å². The molecule has 2 aliphatic rings. The number of aliphatic imine (C=N–C) groups is 1. The Balaban J connectivity index is 1.07. The largest absolute Gasteiger partial charge is 0.453 e. The van der Waals surface area contributed by atoms with E-state index in [1.807, 2.05) is 31.0 Å². The minimum Gasteiger partial charge on any atom is -0.453 e. The molecule has 300 valence electrons. The topological polar surface area (TPSA) is 176 Å². The standard InChI is InChI=1S/C42H50N8O7/c1-24(2)36(44-23-57-56-6)40(51)50-18-8-10-35(50)39-45-31-16-15-29(21-32(31)46-39)27-11-12-28-20-30(14-13-26(28)19-27)33-22-43-38(47-33)34-9-7-17-49(34)41(52)37(25(3)54-4)48-42(53)55-5/h11-16,19-25,34-37H,7-10,17-18H2,1-6H3,(H,43,47)(H,45,46)(H,48,53)/b44-23-/t25-,34+,35+,36+,37+/m1/s1. The van der Waals surface area contributed by atoms with E-state index in [1.54, 1.807) is 11.8 Å². The number of nitrogens with one attached hydrogen (secondary N) is 3. The van der Waals surface area contributed by atoms with E-state index in [9.17, 15) is 14.4 Å². The SMILES string of the molecule is COO/C=N\[C@H](C(=O)N1CCC[C@H]1c1nc2cc(-c3ccc4cc(-c5c[nH]c([C@@H]6CCCN6C(=O)[C@@H](NC(=O)OC)[C@@H](C)OC)n5)ccc4c3)ccc2[nH]1)C(C)C. The van der Waals surface area contributed by atoms with Gasteiger partial charge in [-0.3, -0.25) is 9.59 Å². The molecular weight excluding hydrogens is 729 g/mol. The van der Waals surface area contributed by atoms with Gasteiger partial charge >= 0.3 is 6.09 Å². The van der Waals surface area contributed by atoms with Gasteiger partial charge in [0.2, 0.25) is 18.2 Å². The lowest BCUT2D eigenvalue weighted by molar-refractivity contribution is -0.188. The Labute approximate surface area is 331 Å². The first-order valence-electron chi connectivity index (χ1n) is 19.4. The maximum atomic E-state index is 13.7. The molecule has 15 nitrogen and oxygen atoms in total. The first kappa shape index (κ1) is 39.4. The van der Waals surface area contributed by atoms with Crippen molar-refractivity contribution >= 4 is 46.1 Å². The predicted molar refractivity (Wildman–Crippen MR) is 215 cm³/mol. The Kier molecular flexibility index (Phi) is 11.9. The number of imidazole rings is 2. The first-order chi connectivity index (χ1) is 27.6. The summed E-state index contributed by atoms with van der Waals surface area (Å²) in [4.78, 5) is 73.5. The predicted octanol–water partition coefficient (Wildman–Crippen LogP) is 6.49. The zero-order valence-corrected chi connectivity index (χ0v) is 33.2.